The number of hydrogen-bond donors (Lipinski definition) is 2. The Bertz CT molecular complexity index is 1330. The summed E-state index contributed by atoms with van der Waals surface area (Å²) in [5, 5.41) is 6.01. The zero-order valence-electron chi connectivity index (χ0n) is 34.0. The molecule has 0 aliphatic carbocycles. The summed E-state index contributed by atoms with van der Waals surface area (Å²) in [7, 11) is 8.41. The fourth-order valence-corrected chi connectivity index (χ4v) is 7.92. The molecule has 1 fully saturated rings. The zero-order chi connectivity index (χ0) is 39.5. The number of nitrogens with one attached hydrogen (secondary N) is 2. The van der Waals surface area contributed by atoms with Crippen LogP contribution in [0.25, 0.3) is 0 Å². The lowest BCUT2D eigenvalue weighted by Gasteiger charge is -2.44. The van der Waals surface area contributed by atoms with Gasteiger partial charge < -0.3 is 29.9 Å². The predicted octanol–water partition coefficient (Wildman–Crippen LogP) is 3.56. The van der Waals surface area contributed by atoms with Crippen molar-refractivity contribution in [1.82, 2.24) is 25.3 Å². The second kappa shape index (κ2) is 20.2. The monoisotopic (exact) mass is 730 g/mol. The van der Waals surface area contributed by atoms with Gasteiger partial charge in [0, 0.05) is 34.2 Å². The minimum absolute atomic E-state index is 0.0326. The van der Waals surface area contributed by atoms with Gasteiger partial charge in [-0.2, -0.15) is 0 Å². The van der Waals surface area contributed by atoms with E-state index in [1.54, 1.807) is 25.8 Å². The van der Waals surface area contributed by atoms with E-state index in [9.17, 15) is 24.0 Å². The van der Waals surface area contributed by atoms with Crippen molar-refractivity contribution in [2.24, 2.45) is 23.7 Å². The van der Waals surface area contributed by atoms with E-state index in [2.05, 4.69) is 10.6 Å². The summed E-state index contributed by atoms with van der Waals surface area (Å²) in [6, 6.07) is 8.14. The van der Waals surface area contributed by atoms with Crippen LogP contribution in [0.2, 0.25) is 0 Å². The maximum absolute atomic E-state index is 14.3. The van der Waals surface area contributed by atoms with Crippen LogP contribution in [0.5, 0.6) is 0 Å². The molecule has 12 heteroatoms. The SMILES string of the molecule is CCC(C)[C@@H]([C@@H](CC(=O)N1CC(=O)C[C@@]1(C)[C@H](OC)[C@@H](C)C(=O)NCCc1ccccc1)OC)N(C)C(=O)[C@@H](NC(=O)[C@H](C(C)C)N(C)C)C(C)C. The van der Waals surface area contributed by atoms with Crippen LogP contribution < -0.4 is 10.6 Å². The lowest BCUT2D eigenvalue weighted by atomic mass is 9.82. The Balaban J connectivity index is 2.32. The van der Waals surface area contributed by atoms with E-state index < -0.39 is 41.8 Å². The van der Waals surface area contributed by atoms with Gasteiger partial charge in [-0.3, -0.25) is 28.9 Å². The molecular formula is C40H67N5O7. The highest BCUT2D eigenvalue weighted by molar-refractivity contribution is 5.92. The van der Waals surface area contributed by atoms with Crippen LogP contribution in [-0.2, 0) is 39.9 Å². The number of carbonyl (C=O) groups excluding carboxylic acids is 5. The van der Waals surface area contributed by atoms with Gasteiger partial charge in [-0.15, -0.1) is 0 Å². The summed E-state index contributed by atoms with van der Waals surface area (Å²) in [6.07, 6.45) is -0.165. The average molecular weight is 730 g/mol. The Kier molecular flexibility index (Phi) is 17.4. The molecule has 1 aliphatic rings. The number of likely N-dealkylation sites (N-methyl/N-ethyl adjacent to an activating group) is 2. The topological polar surface area (TPSA) is 138 Å². The Morgan fingerprint density at radius 1 is 0.923 bits per heavy atom. The highest BCUT2D eigenvalue weighted by Crippen LogP contribution is 2.37. The first-order valence-corrected chi connectivity index (χ1v) is 18.8. The second-order valence-corrected chi connectivity index (χ2v) is 15.7. The Morgan fingerprint density at radius 3 is 2.04 bits per heavy atom. The molecule has 0 spiro atoms. The van der Waals surface area contributed by atoms with Gasteiger partial charge in [0.2, 0.25) is 23.6 Å². The van der Waals surface area contributed by atoms with E-state index >= 15 is 0 Å². The maximum Gasteiger partial charge on any atom is 0.245 e. The number of methoxy groups -OCH3 is 2. The highest BCUT2D eigenvalue weighted by atomic mass is 16.5. The van der Waals surface area contributed by atoms with Gasteiger partial charge in [0.05, 0.1) is 48.7 Å². The first kappa shape index (κ1) is 44.8. The first-order valence-electron chi connectivity index (χ1n) is 18.8. The molecule has 0 aromatic heterocycles. The number of ether oxygens (including phenoxy) is 2. The molecule has 4 amide bonds. The molecule has 1 unspecified atom stereocenters. The van der Waals surface area contributed by atoms with Gasteiger partial charge in [-0.05, 0) is 50.8 Å². The van der Waals surface area contributed by atoms with Crippen molar-refractivity contribution in [2.75, 3.05) is 48.5 Å². The van der Waals surface area contributed by atoms with Gasteiger partial charge in [-0.25, -0.2) is 0 Å². The highest BCUT2D eigenvalue weighted by Gasteiger charge is 2.53. The van der Waals surface area contributed by atoms with Crippen molar-refractivity contribution in [3.8, 4) is 0 Å². The fourth-order valence-electron chi connectivity index (χ4n) is 7.92. The smallest absolute Gasteiger partial charge is 0.245 e. The van der Waals surface area contributed by atoms with Crippen LogP contribution in [0.1, 0.15) is 80.2 Å². The number of amides is 4. The molecule has 52 heavy (non-hydrogen) atoms. The zero-order valence-corrected chi connectivity index (χ0v) is 34.0. The van der Waals surface area contributed by atoms with Gasteiger partial charge in [-0.1, -0.05) is 85.2 Å². The minimum Gasteiger partial charge on any atom is -0.379 e. The summed E-state index contributed by atoms with van der Waals surface area (Å²) < 4.78 is 11.9. The van der Waals surface area contributed by atoms with E-state index in [-0.39, 0.29) is 66.6 Å². The quantitative estimate of drug-likeness (QED) is 0.208. The van der Waals surface area contributed by atoms with E-state index in [1.807, 2.05) is 90.9 Å². The third-order valence-electron chi connectivity index (χ3n) is 10.9. The molecule has 1 heterocycles. The number of benzene rings is 1. The van der Waals surface area contributed by atoms with Crippen LogP contribution in [0.15, 0.2) is 30.3 Å². The molecule has 1 aromatic rings. The van der Waals surface area contributed by atoms with E-state index in [1.165, 1.54) is 19.1 Å². The Labute approximate surface area is 312 Å². The molecule has 2 rings (SSSR count). The molecule has 0 bridgehead atoms. The van der Waals surface area contributed by atoms with Crippen molar-refractivity contribution >= 4 is 29.4 Å². The Morgan fingerprint density at radius 2 is 1.54 bits per heavy atom. The Hall–Kier alpha value is -3.35. The van der Waals surface area contributed by atoms with E-state index in [0.717, 1.165) is 5.56 Å². The first-order chi connectivity index (χ1) is 24.4. The molecule has 8 atom stereocenters. The summed E-state index contributed by atoms with van der Waals surface area (Å²) in [4.78, 5) is 73.3. The minimum atomic E-state index is -1.09. The number of nitrogens with zero attached hydrogens (tertiary/aromatic N) is 3. The number of rotatable bonds is 20. The van der Waals surface area contributed by atoms with Crippen molar-refractivity contribution in [2.45, 2.75) is 117 Å². The van der Waals surface area contributed by atoms with Crippen LogP contribution >= 0.6 is 0 Å². The van der Waals surface area contributed by atoms with Crippen molar-refractivity contribution in [3.63, 3.8) is 0 Å². The molecular weight excluding hydrogens is 662 g/mol. The van der Waals surface area contributed by atoms with Crippen molar-refractivity contribution < 1.29 is 33.4 Å². The number of ketones is 1. The summed E-state index contributed by atoms with van der Waals surface area (Å²) in [5.74, 6) is -2.05. The standard InChI is InChI=1S/C40H67N5O7/c1-14-27(6)35(44(11)39(50)33(25(2)3)42-38(49)34(26(4)5)43(9)10)31(51-12)22-32(47)45-24-30(46)23-40(45,8)36(52-13)28(7)37(48)41-21-20-29-18-16-15-17-19-29/h15-19,25-28,31,33-36H,14,20-24H2,1-13H3,(H,41,48)(H,42,49)/t27?,28-,31-,33+,34+,35+,36-,40+/m1/s1. The lowest BCUT2D eigenvalue weighted by molar-refractivity contribution is -0.152. The van der Waals surface area contributed by atoms with Crippen molar-refractivity contribution in [3.05, 3.63) is 35.9 Å². The van der Waals surface area contributed by atoms with Gasteiger partial charge in [0.25, 0.3) is 0 Å². The third kappa shape index (κ3) is 11.1. The second-order valence-electron chi connectivity index (χ2n) is 15.7. The lowest BCUT2D eigenvalue weighted by Crippen LogP contribution is -2.60. The molecule has 294 valence electrons. The van der Waals surface area contributed by atoms with Gasteiger partial charge >= 0.3 is 0 Å². The number of hydrogen-bond acceptors (Lipinski definition) is 8. The molecule has 1 aromatic carbocycles. The molecule has 1 aliphatic heterocycles. The molecule has 2 N–H and O–H groups in total. The van der Waals surface area contributed by atoms with Crippen LogP contribution in [0, 0.1) is 23.7 Å². The average Bonchev–Trinajstić information content (AvgIpc) is 3.40. The van der Waals surface area contributed by atoms with E-state index in [4.69, 9.17) is 9.47 Å². The molecule has 12 nitrogen and oxygen atoms in total. The molecule has 0 saturated carbocycles. The number of carbonyl (C=O) groups is 5. The van der Waals surface area contributed by atoms with Gasteiger partial charge in [0.1, 0.15) is 6.04 Å². The summed E-state index contributed by atoms with van der Waals surface area (Å²) >= 11 is 0. The summed E-state index contributed by atoms with van der Waals surface area (Å²) in [6.45, 7) is 15.6. The molecule has 0 radical (unpaired) electrons. The van der Waals surface area contributed by atoms with E-state index in [0.29, 0.717) is 19.4 Å². The normalized spacial score (nSPS) is 20.3. The summed E-state index contributed by atoms with van der Waals surface area (Å²) in [5.41, 5.74) is 0.0189. The molecule has 1 saturated heterocycles. The number of likely N-dealkylation sites (tertiary alicyclic amines) is 1. The third-order valence-corrected chi connectivity index (χ3v) is 10.9. The fraction of sp³-hybridized carbons (Fsp3) is 0.725. The van der Waals surface area contributed by atoms with Crippen LogP contribution in [-0.4, -0.2) is 128 Å². The largest absolute Gasteiger partial charge is 0.379 e. The maximum atomic E-state index is 14.3. The van der Waals surface area contributed by atoms with Crippen LogP contribution in [0.3, 0.4) is 0 Å². The van der Waals surface area contributed by atoms with Gasteiger partial charge in [0.15, 0.2) is 5.78 Å². The number of Topliss-reactive ketones (excluding diaryl/α,β-unsaturated/α-hetero) is 1. The van der Waals surface area contributed by atoms with Crippen LogP contribution in [0.4, 0.5) is 0 Å². The van der Waals surface area contributed by atoms with Crippen molar-refractivity contribution in [1.29, 1.82) is 0 Å². The predicted molar refractivity (Wildman–Crippen MR) is 203 cm³/mol.